The monoisotopic (exact) mass is 349 g/mol. The number of nitrogens with one attached hydrogen (secondary N) is 1. The van der Waals surface area contributed by atoms with Crippen LogP contribution in [0.5, 0.6) is 17.2 Å². The van der Waals surface area contributed by atoms with Gasteiger partial charge >= 0.3 is 0 Å². The lowest BCUT2D eigenvalue weighted by atomic mass is 10.1. The van der Waals surface area contributed by atoms with Crippen LogP contribution in [0, 0.1) is 0 Å². The molecule has 128 valence electrons. The van der Waals surface area contributed by atoms with Gasteiger partial charge in [0.15, 0.2) is 11.5 Å². The highest BCUT2D eigenvalue weighted by atomic mass is 32.2. The van der Waals surface area contributed by atoms with E-state index in [2.05, 4.69) is 4.72 Å². The zero-order valence-corrected chi connectivity index (χ0v) is 14.4. The van der Waals surface area contributed by atoms with Crippen molar-refractivity contribution in [1.29, 1.82) is 0 Å². The minimum atomic E-state index is -3.65. The summed E-state index contributed by atoms with van der Waals surface area (Å²) in [4.78, 5) is 0.129. The molecule has 0 atom stereocenters. The second-order valence-corrected chi connectivity index (χ2v) is 7.15. The predicted molar refractivity (Wildman–Crippen MR) is 89.2 cm³/mol. The molecule has 1 N–H and O–H groups in total. The highest BCUT2D eigenvalue weighted by molar-refractivity contribution is 7.89. The zero-order valence-electron chi connectivity index (χ0n) is 13.5. The lowest BCUT2D eigenvalue weighted by molar-refractivity contribution is 0.354. The molecule has 0 aliphatic carbocycles. The van der Waals surface area contributed by atoms with Crippen LogP contribution >= 0.6 is 0 Å². The molecule has 0 radical (unpaired) electrons. The summed E-state index contributed by atoms with van der Waals surface area (Å²) in [6, 6.07) is 10.2. The molecule has 2 aromatic rings. The van der Waals surface area contributed by atoms with Gasteiger partial charge in [-0.05, 0) is 29.3 Å². The molecular weight excluding hydrogens is 330 g/mol. The Hall–Kier alpha value is -2.25. The highest BCUT2D eigenvalue weighted by Gasteiger charge is 2.18. The summed E-state index contributed by atoms with van der Waals surface area (Å²) in [7, 11) is -0.679. The van der Waals surface area contributed by atoms with Gasteiger partial charge in [0.25, 0.3) is 0 Å². The molecule has 1 aliphatic heterocycles. The van der Waals surface area contributed by atoms with E-state index in [4.69, 9.17) is 14.2 Å². The van der Waals surface area contributed by atoms with Crippen molar-refractivity contribution >= 4 is 10.0 Å². The summed E-state index contributed by atoms with van der Waals surface area (Å²) in [6.45, 7) is 0.889. The number of benzene rings is 2. The van der Waals surface area contributed by atoms with Crippen molar-refractivity contribution in [2.24, 2.45) is 0 Å². The van der Waals surface area contributed by atoms with Crippen LogP contribution < -0.4 is 18.9 Å². The van der Waals surface area contributed by atoms with Gasteiger partial charge in [-0.1, -0.05) is 12.1 Å². The van der Waals surface area contributed by atoms with Gasteiger partial charge in [-0.2, -0.15) is 0 Å². The third kappa shape index (κ3) is 3.32. The van der Waals surface area contributed by atoms with E-state index in [0.717, 1.165) is 23.3 Å². The summed E-state index contributed by atoms with van der Waals surface area (Å²) in [5, 5.41) is 0. The summed E-state index contributed by atoms with van der Waals surface area (Å²) in [5.41, 5.74) is 2.00. The van der Waals surface area contributed by atoms with Crippen LogP contribution in [-0.4, -0.2) is 29.2 Å². The van der Waals surface area contributed by atoms with Gasteiger partial charge < -0.3 is 14.2 Å². The molecule has 6 nitrogen and oxygen atoms in total. The third-order valence-corrected chi connectivity index (χ3v) is 5.28. The number of fused-ring (bicyclic) bond motifs is 1. The van der Waals surface area contributed by atoms with Crippen molar-refractivity contribution in [1.82, 2.24) is 4.72 Å². The molecule has 0 saturated carbocycles. The number of rotatable bonds is 6. The molecule has 1 aliphatic rings. The quantitative estimate of drug-likeness (QED) is 0.865. The van der Waals surface area contributed by atoms with Gasteiger partial charge in [-0.3, -0.25) is 0 Å². The molecular formula is C17H19NO5S. The van der Waals surface area contributed by atoms with E-state index in [1.54, 1.807) is 6.07 Å². The van der Waals surface area contributed by atoms with Crippen LogP contribution in [0.3, 0.4) is 0 Å². The molecule has 0 fully saturated rings. The van der Waals surface area contributed by atoms with Crippen molar-refractivity contribution in [3.63, 3.8) is 0 Å². The van der Waals surface area contributed by atoms with E-state index >= 15 is 0 Å². The number of hydrogen-bond donors (Lipinski definition) is 1. The maximum Gasteiger partial charge on any atom is 0.241 e. The Morgan fingerprint density at radius 2 is 1.88 bits per heavy atom. The van der Waals surface area contributed by atoms with Gasteiger partial charge in [0.05, 0.1) is 25.7 Å². The normalized spacial score (nSPS) is 13.2. The standard InChI is InChI=1S/C17H19NO5S/c1-21-16-6-4-14(10-17(16)22-2)24(19,20)18-11-12-3-5-15-13(9-12)7-8-23-15/h3-6,9-10,18H,7-8,11H2,1-2H3. The highest BCUT2D eigenvalue weighted by Crippen LogP contribution is 2.29. The van der Waals surface area contributed by atoms with E-state index in [-0.39, 0.29) is 11.4 Å². The second-order valence-electron chi connectivity index (χ2n) is 5.38. The fourth-order valence-corrected chi connectivity index (χ4v) is 3.63. The summed E-state index contributed by atoms with van der Waals surface area (Å²) in [6.07, 6.45) is 0.853. The summed E-state index contributed by atoms with van der Waals surface area (Å²) >= 11 is 0. The van der Waals surface area contributed by atoms with Crippen LogP contribution in [-0.2, 0) is 23.0 Å². The van der Waals surface area contributed by atoms with Crippen molar-refractivity contribution in [3.05, 3.63) is 47.5 Å². The first-order valence-electron chi connectivity index (χ1n) is 7.50. The van der Waals surface area contributed by atoms with E-state index in [9.17, 15) is 8.42 Å². The molecule has 1 heterocycles. The van der Waals surface area contributed by atoms with Gasteiger partial charge in [-0.25, -0.2) is 13.1 Å². The molecule has 3 rings (SSSR count). The Kier molecular flexibility index (Phi) is 4.64. The summed E-state index contributed by atoms with van der Waals surface area (Å²) in [5.74, 6) is 1.73. The number of sulfonamides is 1. The number of hydrogen-bond acceptors (Lipinski definition) is 5. The lowest BCUT2D eigenvalue weighted by Gasteiger charge is -2.11. The second kappa shape index (κ2) is 6.70. The molecule has 0 unspecified atom stereocenters. The molecule has 0 spiro atoms. The predicted octanol–water partition coefficient (Wildman–Crippen LogP) is 2.12. The Labute approximate surface area is 141 Å². The molecule has 0 amide bonds. The fraction of sp³-hybridized carbons (Fsp3) is 0.294. The van der Waals surface area contributed by atoms with Crippen molar-refractivity contribution in [3.8, 4) is 17.2 Å². The smallest absolute Gasteiger partial charge is 0.241 e. The molecule has 0 bridgehead atoms. The average molecular weight is 349 g/mol. The number of methoxy groups -OCH3 is 2. The van der Waals surface area contributed by atoms with Crippen LogP contribution in [0.1, 0.15) is 11.1 Å². The van der Waals surface area contributed by atoms with Crippen LogP contribution in [0.2, 0.25) is 0 Å². The Morgan fingerprint density at radius 1 is 1.08 bits per heavy atom. The first kappa shape index (κ1) is 16.6. The first-order chi connectivity index (χ1) is 11.5. The van der Waals surface area contributed by atoms with Crippen LogP contribution in [0.4, 0.5) is 0 Å². The molecule has 2 aromatic carbocycles. The first-order valence-corrected chi connectivity index (χ1v) is 8.98. The van der Waals surface area contributed by atoms with E-state index < -0.39 is 10.0 Å². The maximum atomic E-state index is 12.5. The lowest BCUT2D eigenvalue weighted by Crippen LogP contribution is -2.23. The Morgan fingerprint density at radius 3 is 2.62 bits per heavy atom. The van der Waals surface area contributed by atoms with Crippen molar-refractivity contribution in [2.75, 3.05) is 20.8 Å². The Bertz CT molecular complexity index is 848. The largest absolute Gasteiger partial charge is 0.493 e. The number of ether oxygens (including phenoxy) is 3. The minimum Gasteiger partial charge on any atom is -0.493 e. The van der Waals surface area contributed by atoms with Crippen molar-refractivity contribution < 1.29 is 22.6 Å². The van der Waals surface area contributed by atoms with E-state index in [1.807, 2.05) is 18.2 Å². The zero-order chi connectivity index (χ0) is 17.2. The van der Waals surface area contributed by atoms with Crippen LogP contribution in [0.25, 0.3) is 0 Å². The molecule has 0 aromatic heterocycles. The topological polar surface area (TPSA) is 73.9 Å². The van der Waals surface area contributed by atoms with Crippen molar-refractivity contribution in [2.45, 2.75) is 17.9 Å². The third-order valence-electron chi connectivity index (χ3n) is 3.89. The molecule has 0 saturated heterocycles. The summed E-state index contributed by atoms with van der Waals surface area (Å²) < 4.78 is 43.3. The molecule has 7 heteroatoms. The fourth-order valence-electron chi connectivity index (χ4n) is 2.60. The SMILES string of the molecule is COc1ccc(S(=O)(=O)NCc2ccc3c(c2)CCO3)cc1OC. The van der Waals surface area contributed by atoms with Gasteiger partial charge in [0, 0.05) is 19.0 Å². The molecule has 24 heavy (non-hydrogen) atoms. The van der Waals surface area contributed by atoms with Gasteiger partial charge in [0.2, 0.25) is 10.0 Å². The van der Waals surface area contributed by atoms with E-state index in [1.165, 1.54) is 26.4 Å². The van der Waals surface area contributed by atoms with Crippen LogP contribution in [0.15, 0.2) is 41.3 Å². The Balaban J connectivity index is 1.76. The average Bonchev–Trinajstić information content (AvgIpc) is 3.07. The van der Waals surface area contributed by atoms with Gasteiger partial charge in [0.1, 0.15) is 5.75 Å². The van der Waals surface area contributed by atoms with E-state index in [0.29, 0.717) is 18.1 Å². The minimum absolute atomic E-state index is 0.129. The maximum absolute atomic E-state index is 12.5. The van der Waals surface area contributed by atoms with Gasteiger partial charge in [-0.15, -0.1) is 0 Å².